The molecule has 0 unspecified atom stereocenters. The Balaban J connectivity index is 1.54. The van der Waals surface area contributed by atoms with Crippen LogP contribution in [0.3, 0.4) is 0 Å². The van der Waals surface area contributed by atoms with Crippen molar-refractivity contribution in [3.8, 4) is 0 Å². The monoisotopic (exact) mass is 322 g/mol. The second-order valence-corrected chi connectivity index (χ2v) is 7.05. The van der Waals surface area contributed by atoms with Gasteiger partial charge in [-0.25, -0.2) is 4.98 Å². The third-order valence-electron chi connectivity index (χ3n) is 3.93. The van der Waals surface area contributed by atoms with Crippen LogP contribution in [-0.4, -0.2) is 41.3 Å². The first-order chi connectivity index (χ1) is 10.7. The highest BCUT2D eigenvalue weighted by Crippen LogP contribution is 2.32. The third-order valence-corrected chi connectivity index (χ3v) is 4.93. The van der Waals surface area contributed by atoms with Gasteiger partial charge in [-0.15, -0.1) is 11.3 Å². The van der Waals surface area contributed by atoms with Gasteiger partial charge < -0.3 is 10.6 Å². The molecule has 0 saturated heterocycles. The van der Waals surface area contributed by atoms with E-state index in [-0.39, 0.29) is 17.7 Å². The molecule has 2 heterocycles. The molecule has 22 heavy (non-hydrogen) atoms. The first-order valence-electron chi connectivity index (χ1n) is 7.94. The van der Waals surface area contributed by atoms with Gasteiger partial charge in [-0.3, -0.25) is 14.5 Å². The molecule has 0 aromatic carbocycles. The molecule has 0 atom stereocenters. The third kappa shape index (κ3) is 3.84. The van der Waals surface area contributed by atoms with Crippen LogP contribution in [0.1, 0.15) is 36.8 Å². The highest BCUT2D eigenvalue weighted by Gasteiger charge is 2.30. The maximum Gasteiger partial charge on any atom is 0.234 e. The number of rotatable bonds is 6. The van der Waals surface area contributed by atoms with E-state index >= 15 is 0 Å². The molecule has 120 valence electrons. The Morgan fingerprint density at radius 1 is 1.41 bits per heavy atom. The van der Waals surface area contributed by atoms with Gasteiger partial charge in [0.05, 0.1) is 12.2 Å². The first-order valence-corrected chi connectivity index (χ1v) is 8.76. The van der Waals surface area contributed by atoms with Gasteiger partial charge in [0.2, 0.25) is 11.8 Å². The lowest BCUT2D eigenvalue weighted by molar-refractivity contribution is -0.122. The standard InChI is InChI=1S/C15H22N4O2S/c1-2-6-16-13(20)9-19-7-5-11-12(8-19)22-15(17-11)18-14(21)10-3-4-10/h10H,2-9H2,1H3,(H,16,20)(H,17,18,21). The molecule has 7 heteroatoms. The van der Waals surface area contributed by atoms with Crippen molar-refractivity contribution in [2.75, 3.05) is 25.0 Å². The lowest BCUT2D eigenvalue weighted by Crippen LogP contribution is -2.39. The van der Waals surface area contributed by atoms with Crippen LogP contribution in [0, 0.1) is 5.92 Å². The number of hydrogen-bond acceptors (Lipinski definition) is 5. The minimum atomic E-state index is 0.0806. The van der Waals surface area contributed by atoms with Gasteiger partial charge in [-0.05, 0) is 19.3 Å². The van der Waals surface area contributed by atoms with Gasteiger partial charge in [-0.1, -0.05) is 6.92 Å². The number of aromatic nitrogens is 1. The van der Waals surface area contributed by atoms with E-state index in [1.165, 1.54) is 4.88 Å². The van der Waals surface area contributed by atoms with Crippen molar-refractivity contribution in [1.29, 1.82) is 0 Å². The molecular weight excluding hydrogens is 300 g/mol. The molecule has 1 aliphatic carbocycles. The zero-order valence-electron chi connectivity index (χ0n) is 12.9. The number of nitrogens with one attached hydrogen (secondary N) is 2. The Hall–Kier alpha value is -1.47. The number of carbonyl (C=O) groups excluding carboxylic acids is 2. The van der Waals surface area contributed by atoms with Crippen LogP contribution >= 0.6 is 11.3 Å². The lowest BCUT2D eigenvalue weighted by atomic mass is 10.2. The van der Waals surface area contributed by atoms with E-state index < -0.39 is 0 Å². The summed E-state index contributed by atoms with van der Waals surface area (Å²) in [6, 6.07) is 0. The normalized spacial score (nSPS) is 17.9. The van der Waals surface area contributed by atoms with Crippen LogP contribution in [0.2, 0.25) is 0 Å². The van der Waals surface area contributed by atoms with Crippen molar-refractivity contribution in [1.82, 2.24) is 15.2 Å². The molecule has 1 saturated carbocycles. The van der Waals surface area contributed by atoms with E-state index in [2.05, 4.69) is 20.5 Å². The number of hydrogen-bond donors (Lipinski definition) is 2. The predicted octanol–water partition coefficient (Wildman–Crippen LogP) is 1.38. The number of fused-ring (bicyclic) bond motifs is 1. The van der Waals surface area contributed by atoms with Crippen molar-refractivity contribution in [3.63, 3.8) is 0 Å². The van der Waals surface area contributed by atoms with E-state index in [1.807, 2.05) is 6.92 Å². The molecule has 1 fully saturated rings. The van der Waals surface area contributed by atoms with Crippen molar-refractivity contribution in [2.45, 2.75) is 39.2 Å². The van der Waals surface area contributed by atoms with Crippen LogP contribution in [0.5, 0.6) is 0 Å². The fourth-order valence-corrected chi connectivity index (χ4v) is 3.57. The zero-order valence-corrected chi connectivity index (χ0v) is 13.7. The number of carbonyl (C=O) groups is 2. The molecule has 0 spiro atoms. The van der Waals surface area contributed by atoms with E-state index in [4.69, 9.17) is 0 Å². The van der Waals surface area contributed by atoms with Crippen LogP contribution < -0.4 is 10.6 Å². The Morgan fingerprint density at radius 3 is 2.95 bits per heavy atom. The summed E-state index contributed by atoms with van der Waals surface area (Å²) in [7, 11) is 0. The molecule has 6 nitrogen and oxygen atoms in total. The van der Waals surface area contributed by atoms with E-state index in [0.29, 0.717) is 11.7 Å². The van der Waals surface area contributed by atoms with Crippen molar-refractivity contribution in [2.24, 2.45) is 5.92 Å². The quantitative estimate of drug-likeness (QED) is 0.830. The van der Waals surface area contributed by atoms with Crippen LogP contribution in [0.4, 0.5) is 5.13 Å². The second kappa shape index (κ2) is 6.75. The van der Waals surface area contributed by atoms with Crippen molar-refractivity contribution >= 4 is 28.3 Å². The molecule has 0 bridgehead atoms. The Morgan fingerprint density at radius 2 is 2.23 bits per heavy atom. The van der Waals surface area contributed by atoms with Gasteiger partial charge in [0.1, 0.15) is 0 Å². The molecular formula is C15H22N4O2S. The Labute approximate surface area is 134 Å². The van der Waals surface area contributed by atoms with Gasteiger partial charge in [0, 0.05) is 36.9 Å². The molecule has 1 aromatic heterocycles. The molecule has 3 rings (SSSR count). The molecule has 0 radical (unpaired) electrons. The summed E-state index contributed by atoms with van der Waals surface area (Å²) in [6.45, 7) is 4.79. The number of amides is 2. The molecule has 2 N–H and O–H groups in total. The minimum Gasteiger partial charge on any atom is -0.355 e. The smallest absolute Gasteiger partial charge is 0.234 e. The Kier molecular flexibility index (Phi) is 4.73. The van der Waals surface area contributed by atoms with Gasteiger partial charge >= 0.3 is 0 Å². The molecule has 2 amide bonds. The van der Waals surface area contributed by atoms with Crippen molar-refractivity contribution < 1.29 is 9.59 Å². The minimum absolute atomic E-state index is 0.0806. The van der Waals surface area contributed by atoms with Crippen molar-refractivity contribution in [3.05, 3.63) is 10.6 Å². The first kappa shape index (κ1) is 15.4. The molecule has 1 aromatic rings. The summed E-state index contributed by atoms with van der Waals surface area (Å²) >= 11 is 1.54. The maximum absolute atomic E-state index is 11.8. The molecule has 1 aliphatic heterocycles. The van der Waals surface area contributed by atoms with Gasteiger partial charge in [0.15, 0.2) is 5.13 Å². The lowest BCUT2D eigenvalue weighted by Gasteiger charge is -2.25. The predicted molar refractivity (Wildman–Crippen MR) is 85.7 cm³/mol. The van der Waals surface area contributed by atoms with Crippen LogP contribution in [0.25, 0.3) is 0 Å². The topological polar surface area (TPSA) is 74.3 Å². The van der Waals surface area contributed by atoms with E-state index in [1.54, 1.807) is 11.3 Å². The average Bonchev–Trinajstić information content (AvgIpc) is 3.26. The summed E-state index contributed by atoms with van der Waals surface area (Å²) in [4.78, 5) is 31.4. The fourth-order valence-electron chi connectivity index (χ4n) is 2.51. The maximum atomic E-state index is 11.8. The zero-order chi connectivity index (χ0) is 15.5. The van der Waals surface area contributed by atoms with E-state index in [9.17, 15) is 9.59 Å². The largest absolute Gasteiger partial charge is 0.355 e. The summed E-state index contributed by atoms with van der Waals surface area (Å²) in [5.41, 5.74) is 1.07. The highest BCUT2D eigenvalue weighted by atomic mass is 32.1. The average molecular weight is 322 g/mol. The van der Waals surface area contributed by atoms with E-state index in [0.717, 1.165) is 51.0 Å². The second-order valence-electron chi connectivity index (χ2n) is 5.96. The number of thiazole rings is 1. The summed E-state index contributed by atoms with van der Waals surface area (Å²) in [5.74, 6) is 0.374. The highest BCUT2D eigenvalue weighted by molar-refractivity contribution is 7.15. The summed E-state index contributed by atoms with van der Waals surface area (Å²) < 4.78 is 0. The Bertz CT molecular complexity index is 568. The summed E-state index contributed by atoms with van der Waals surface area (Å²) in [5, 5.41) is 6.53. The number of nitrogens with zero attached hydrogens (tertiary/aromatic N) is 2. The van der Waals surface area contributed by atoms with Crippen LogP contribution in [0.15, 0.2) is 0 Å². The van der Waals surface area contributed by atoms with Gasteiger partial charge in [-0.2, -0.15) is 0 Å². The van der Waals surface area contributed by atoms with Gasteiger partial charge in [0.25, 0.3) is 0 Å². The fraction of sp³-hybridized carbons (Fsp3) is 0.667. The summed E-state index contributed by atoms with van der Waals surface area (Å²) in [6.07, 6.45) is 3.79. The molecule has 2 aliphatic rings. The number of anilines is 1. The van der Waals surface area contributed by atoms with Crippen LogP contribution in [-0.2, 0) is 22.6 Å². The SMILES string of the molecule is CCCNC(=O)CN1CCc2nc(NC(=O)C3CC3)sc2C1.